The van der Waals surface area contributed by atoms with E-state index in [1.165, 1.54) is 5.56 Å². The predicted molar refractivity (Wildman–Crippen MR) is 93.6 cm³/mol. The normalized spacial score (nSPS) is 12.0. The van der Waals surface area contributed by atoms with E-state index in [-0.39, 0.29) is 11.4 Å². The zero-order valence-electron chi connectivity index (χ0n) is 15.4. The van der Waals surface area contributed by atoms with Crippen molar-refractivity contribution in [3.05, 3.63) is 22.5 Å². The number of aromatic nitrogens is 3. The molecule has 126 valence electrons. The summed E-state index contributed by atoms with van der Waals surface area (Å²) in [4.78, 5) is 16.9. The van der Waals surface area contributed by atoms with Gasteiger partial charge in [0.05, 0.1) is 5.69 Å². The molecule has 0 fully saturated rings. The quantitative estimate of drug-likeness (QED) is 0.922. The fourth-order valence-electron chi connectivity index (χ4n) is 3.00. The van der Waals surface area contributed by atoms with Crippen molar-refractivity contribution < 1.29 is 4.79 Å². The Hall–Kier alpha value is -1.91. The van der Waals surface area contributed by atoms with Gasteiger partial charge in [-0.2, -0.15) is 5.10 Å². The average molecular weight is 316 g/mol. The van der Waals surface area contributed by atoms with E-state index < -0.39 is 0 Å². The van der Waals surface area contributed by atoms with Crippen molar-refractivity contribution in [1.82, 2.24) is 20.1 Å². The summed E-state index contributed by atoms with van der Waals surface area (Å²) in [5.74, 6) is 0.0960. The second-order valence-electron chi connectivity index (χ2n) is 6.99. The third kappa shape index (κ3) is 3.54. The highest BCUT2D eigenvalue weighted by Crippen LogP contribution is 2.26. The van der Waals surface area contributed by atoms with E-state index in [1.54, 1.807) is 0 Å². The van der Waals surface area contributed by atoms with E-state index in [0.717, 1.165) is 34.4 Å². The molecule has 5 nitrogen and oxygen atoms in total. The lowest BCUT2D eigenvalue weighted by atomic mass is 9.98. The fourth-order valence-corrected chi connectivity index (χ4v) is 3.00. The standard InChI is InChI=1S/C18H28N4O/c1-8-18(5,6)20-15(23)10-9-14-11(2)16-13(4)21-22(7)17(16)19-12(14)3/h8-10H2,1-7H3,(H,20,23). The zero-order chi connectivity index (χ0) is 17.4. The highest BCUT2D eigenvalue weighted by molar-refractivity contribution is 5.84. The van der Waals surface area contributed by atoms with Crippen molar-refractivity contribution >= 4 is 16.9 Å². The first-order chi connectivity index (χ1) is 10.7. The Morgan fingerprint density at radius 2 is 1.87 bits per heavy atom. The minimum absolute atomic E-state index is 0.0960. The SMILES string of the molecule is CCC(C)(C)NC(=O)CCc1c(C)nc2c(c(C)nn2C)c1C. The van der Waals surface area contributed by atoms with Gasteiger partial charge in [-0.1, -0.05) is 6.92 Å². The van der Waals surface area contributed by atoms with Crippen molar-refractivity contribution in [3.8, 4) is 0 Å². The molecule has 0 aliphatic carbocycles. The third-order valence-corrected chi connectivity index (χ3v) is 4.69. The summed E-state index contributed by atoms with van der Waals surface area (Å²) >= 11 is 0. The molecule has 1 amide bonds. The molecule has 0 aromatic carbocycles. The summed E-state index contributed by atoms with van der Waals surface area (Å²) in [6, 6.07) is 0. The van der Waals surface area contributed by atoms with Crippen LogP contribution in [0.1, 0.15) is 56.1 Å². The molecule has 0 atom stereocenters. The second-order valence-corrected chi connectivity index (χ2v) is 6.99. The van der Waals surface area contributed by atoms with Crippen LogP contribution in [0.2, 0.25) is 0 Å². The van der Waals surface area contributed by atoms with Crippen LogP contribution in [0, 0.1) is 20.8 Å². The lowest BCUT2D eigenvalue weighted by Gasteiger charge is -2.24. The van der Waals surface area contributed by atoms with Crippen molar-refractivity contribution in [2.45, 2.75) is 66.3 Å². The van der Waals surface area contributed by atoms with Gasteiger partial charge in [-0.15, -0.1) is 0 Å². The molecule has 23 heavy (non-hydrogen) atoms. The van der Waals surface area contributed by atoms with Crippen LogP contribution in [-0.2, 0) is 18.3 Å². The fraction of sp³-hybridized carbons (Fsp3) is 0.611. The van der Waals surface area contributed by atoms with Gasteiger partial charge >= 0.3 is 0 Å². The molecule has 0 saturated carbocycles. The first-order valence-corrected chi connectivity index (χ1v) is 8.26. The molecule has 1 N–H and O–H groups in total. The maximum absolute atomic E-state index is 12.2. The van der Waals surface area contributed by atoms with Gasteiger partial charge in [0.15, 0.2) is 5.65 Å². The number of carbonyl (C=O) groups excluding carboxylic acids is 1. The summed E-state index contributed by atoms with van der Waals surface area (Å²) in [5, 5.41) is 8.67. The summed E-state index contributed by atoms with van der Waals surface area (Å²) in [7, 11) is 1.92. The Balaban J connectivity index is 2.24. The molecule has 2 aromatic heterocycles. The van der Waals surface area contributed by atoms with E-state index >= 15 is 0 Å². The molecular formula is C18H28N4O. The molecule has 0 radical (unpaired) electrons. The maximum atomic E-state index is 12.2. The molecule has 5 heteroatoms. The Labute approximate surface area is 138 Å². The molecular weight excluding hydrogens is 288 g/mol. The van der Waals surface area contributed by atoms with Gasteiger partial charge in [0.2, 0.25) is 5.91 Å². The molecule has 0 aliphatic heterocycles. The second kappa shape index (κ2) is 6.30. The Kier molecular flexibility index (Phi) is 4.78. The highest BCUT2D eigenvalue weighted by atomic mass is 16.1. The topological polar surface area (TPSA) is 59.8 Å². The molecule has 2 aromatic rings. The van der Waals surface area contributed by atoms with Crippen molar-refractivity contribution in [2.24, 2.45) is 7.05 Å². The zero-order valence-corrected chi connectivity index (χ0v) is 15.4. The number of carbonyl (C=O) groups is 1. The van der Waals surface area contributed by atoms with E-state index in [4.69, 9.17) is 4.98 Å². The van der Waals surface area contributed by atoms with Crippen molar-refractivity contribution in [2.75, 3.05) is 0 Å². The number of pyridine rings is 1. The average Bonchev–Trinajstić information content (AvgIpc) is 2.72. The first-order valence-electron chi connectivity index (χ1n) is 8.26. The molecule has 2 rings (SSSR count). The van der Waals surface area contributed by atoms with Crippen LogP contribution in [0.25, 0.3) is 11.0 Å². The van der Waals surface area contributed by atoms with Gasteiger partial charge in [0.25, 0.3) is 0 Å². The summed E-state index contributed by atoms with van der Waals surface area (Å²) in [6.45, 7) is 12.3. The van der Waals surface area contributed by atoms with Crippen LogP contribution in [0.15, 0.2) is 0 Å². The number of fused-ring (bicyclic) bond motifs is 1. The van der Waals surface area contributed by atoms with Crippen LogP contribution in [-0.4, -0.2) is 26.2 Å². The van der Waals surface area contributed by atoms with Crippen LogP contribution in [0.3, 0.4) is 0 Å². The number of hydrogen-bond donors (Lipinski definition) is 1. The monoisotopic (exact) mass is 316 g/mol. The Bertz CT molecular complexity index is 743. The van der Waals surface area contributed by atoms with Crippen LogP contribution in [0.4, 0.5) is 0 Å². The predicted octanol–water partition coefficient (Wildman–Crippen LogP) is 3.13. The van der Waals surface area contributed by atoms with E-state index in [1.807, 2.05) is 39.4 Å². The lowest BCUT2D eigenvalue weighted by molar-refractivity contribution is -0.122. The van der Waals surface area contributed by atoms with Gasteiger partial charge < -0.3 is 5.32 Å². The Morgan fingerprint density at radius 3 is 2.48 bits per heavy atom. The number of rotatable bonds is 5. The van der Waals surface area contributed by atoms with Crippen LogP contribution in [0.5, 0.6) is 0 Å². The maximum Gasteiger partial charge on any atom is 0.220 e. The van der Waals surface area contributed by atoms with Crippen LogP contribution >= 0.6 is 0 Å². The van der Waals surface area contributed by atoms with E-state index in [9.17, 15) is 4.79 Å². The van der Waals surface area contributed by atoms with Crippen LogP contribution < -0.4 is 5.32 Å². The molecule has 0 unspecified atom stereocenters. The van der Waals surface area contributed by atoms with E-state index in [0.29, 0.717) is 12.8 Å². The molecule has 0 bridgehead atoms. The van der Waals surface area contributed by atoms with Gasteiger partial charge in [0, 0.05) is 30.1 Å². The smallest absolute Gasteiger partial charge is 0.220 e. The molecule has 0 aliphatic rings. The summed E-state index contributed by atoms with van der Waals surface area (Å²) in [5.41, 5.74) is 5.10. The molecule has 0 spiro atoms. The summed E-state index contributed by atoms with van der Waals surface area (Å²) < 4.78 is 1.82. The molecule has 2 heterocycles. The first kappa shape index (κ1) is 17.4. The van der Waals surface area contributed by atoms with Gasteiger partial charge in [-0.05, 0) is 58.6 Å². The minimum atomic E-state index is -0.149. The number of amides is 1. The van der Waals surface area contributed by atoms with Gasteiger partial charge in [-0.3, -0.25) is 9.48 Å². The van der Waals surface area contributed by atoms with Gasteiger partial charge in [0.1, 0.15) is 0 Å². The van der Waals surface area contributed by atoms with E-state index in [2.05, 4.69) is 24.3 Å². The number of nitrogens with one attached hydrogen (secondary N) is 1. The summed E-state index contributed by atoms with van der Waals surface area (Å²) in [6.07, 6.45) is 2.11. The largest absolute Gasteiger partial charge is 0.351 e. The molecule has 0 saturated heterocycles. The Morgan fingerprint density at radius 1 is 1.22 bits per heavy atom. The lowest BCUT2D eigenvalue weighted by Crippen LogP contribution is -2.42. The number of hydrogen-bond acceptors (Lipinski definition) is 3. The highest BCUT2D eigenvalue weighted by Gasteiger charge is 2.19. The van der Waals surface area contributed by atoms with Gasteiger partial charge in [-0.25, -0.2) is 4.98 Å². The third-order valence-electron chi connectivity index (χ3n) is 4.69. The minimum Gasteiger partial charge on any atom is -0.351 e. The van der Waals surface area contributed by atoms with Crippen molar-refractivity contribution in [1.29, 1.82) is 0 Å². The number of nitrogens with zero attached hydrogens (tertiary/aromatic N) is 3. The van der Waals surface area contributed by atoms with Crippen molar-refractivity contribution in [3.63, 3.8) is 0 Å². The number of aryl methyl sites for hydroxylation is 4.